The summed E-state index contributed by atoms with van der Waals surface area (Å²) in [4.78, 5) is 0. The van der Waals surface area contributed by atoms with E-state index in [1.165, 1.54) is 17.5 Å². The molecule has 2 heteroatoms. The highest BCUT2D eigenvalue weighted by Crippen LogP contribution is 2.33. The van der Waals surface area contributed by atoms with Gasteiger partial charge in [0.05, 0.1) is 6.10 Å². The summed E-state index contributed by atoms with van der Waals surface area (Å²) in [6.45, 7) is 0.360. The second-order valence-electron chi connectivity index (χ2n) is 4.00. The molecule has 0 fully saturated rings. The Hall–Kier alpha value is -0.860. The summed E-state index contributed by atoms with van der Waals surface area (Å²) in [6.07, 6.45) is 2.99. The number of fused-ring (bicyclic) bond motifs is 1. The minimum absolute atomic E-state index is 0.255. The van der Waals surface area contributed by atoms with Crippen LogP contribution < -0.4 is 5.73 Å². The third-order valence-electron chi connectivity index (χ3n) is 3.12. The molecule has 3 N–H and O–H groups in total. The Morgan fingerprint density at radius 3 is 3.00 bits per heavy atom. The van der Waals surface area contributed by atoms with Gasteiger partial charge in [-0.25, -0.2) is 0 Å². The summed E-state index contributed by atoms with van der Waals surface area (Å²) < 4.78 is 0. The Labute approximate surface area is 84.7 Å². The lowest BCUT2D eigenvalue weighted by Crippen LogP contribution is -2.29. The van der Waals surface area contributed by atoms with Crippen molar-refractivity contribution in [2.45, 2.75) is 31.3 Å². The Balaban J connectivity index is 2.30. The SMILES string of the molecule is NC[C@H](O)C1CCCc2ccccc21. The van der Waals surface area contributed by atoms with Gasteiger partial charge in [0.2, 0.25) is 0 Å². The van der Waals surface area contributed by atoms with Gasteiger partial charge < -0.3 is 10.8 Å². The molecule has 2 nitrogen and oxygen atoms in total. The van der Waals surface area contributed by atoms with Crippen LogP contribution in [0.25, 0.3) is 0 Å². The van der Waals surface area contributed by atoms with E-state index in [9.17, 15) is 5.11 Å². The van der Waals surface area contributed by atoms with Crippen molar-refractivity contribution in [1.82, 2.24) is 0 Å². The van der Waals surface area contributed by atoms with Gasteiger partial charge in [0.15, 0.2) is 0 Å². The van der Waals surface area contributed by atoms with Crippen molar-refractivity contribution in [3.63, 3.8) is 0 Å². The fourth-order valence-corrected chi connectivity index (χ4v) is 2.36. The van der Waals surface area contributed by atoms with Crippen LogP contribution in [0.3, 0.4) is 0 Å². The van der Waals surface area contributed by atoms with Crippen molar-refractivity contribution in [3.8, 4) is 0 Å². The molecule has 0 aromatic heterocycles. The van der Waals surface area contributed by atoms with Crippen molar-refractivity contribution < 1.29 is 5.11 Å². The zero-order chi connectivity index (χ0) is 9.97. The third-order valence-corrected chi connectivity index (χ3v) is 3.12. The Morgan fingerprint density at radius 1 is 1.43 bits per heavy atom. The second kappa shape index (κ2) is 4.11. The summed E-state index contributed by atoms with van der Waals surface area (Å²) in [5.41, 5.74) is 8.20. The standard InChI is InChI=1S/C12H17NO/c13-8-12(14)11-7-3-5-9-4-1-2-6-10(9)11/h1-2,4,6,11-12,14H,3,5,7-8,13H2/t11?,12-/m0/s1. The molecule has 1 aromatic rings. The first kappa shape index (κ1) is 9.69. The summed E-state index contributed by atoms with van der Waals surface area (Å²) in [5.74, 6) is 0.255. The third kappa shape index (κ3) is 1.68. The average molecular weight is 191 g/mol. The van der Waals surface area contributed by atoms with E-state index in [4.69, 9.17) is 5.73 Å². The molecule has 0 amide bonds. The summed E-state index contributed by atoms with van der Waals surface area (Å²) in [7, 11) is 0. The number of hydrogen-bond acceptors (Lipinski definition) is 2. The van der Waals surface area contributed by atoms with Gasteiger partial charge in [-0.05, 0) is 30.4 Å². The molecule has 2 atom stereocenters. The first-order valence-electron chi connectivity index (χ1n) is 5.29. The van der Waals surface area contributed by atoms with Crippen LogP contribution in [0.2, 0.25) is 0 Å². The molecule has 0 saturated heterocycles. The highest BCUT2D eigenvalue weighted by atomic mass is 16.3. The number of hydrogen-bond donors (Lipinski definition) is 2. The van der Waals surface area contributed by atoms with E-state index < -0.39 is 0 Å². The fraction of sp³-hybridized carbons (Fsp3) is 0.500. The highest BCUT2D eigenvalue weighted by Gasteiger charge is 2.24. The molecule has 1 unspecified atom stereocenters. The Morgan fingerprint density at radius 2 is 2.21 bits per heavy atom. The molecule has 0 aliphatic heterocycles. The van der Waals surface area contributed by atoms with E-state index in [2.05, 4.69) is 18.2 Å². The maximum atomic E-state index is 9.80. The Bertz CT molecular complexity index is 311. The minimum Gasteiger partial charge on any atom is -0.391 e. The van der Waals surface area contributed by atoms with Crippen molar-refractivity contribution in [1.29, 1.82) is 0 Å². The maximum Gasteiger partial charge on any atom is 0.0730 e. The molecule has 1 aromatic carbocycles. The van der Waals surface area contributed by atoms with Gasteiger partial charge in [-0.1, -0.05) is 24.3 Å². The quantitative estimate of drug-likeness (QED) is 0.742. The van der Waals surface area contributed by atoms with E-state index in [0.717, 1.165) is 12.8 Å². The number of rotatable bonds is 2. The lowest BCUT2D eigenvalue weighted by Gasteiger charge is -2.28. The van der Waals surface area contributed by atoms with E-state index in [0.29, 0.717) is 6.54 Å². The first-order valence-corrected chi connectivity index (χ1v) is 5.29. The smallest absolute Gasteiger partial charge is 0.0730 e. The molecule has 0 saturated carbocycles. The fourth-order valence-electron chi connectivity index (χ4n) is 2.36. The van der Waals surface area contributed by atoms with Crippen LogP contribution >= 0.6 is 0 Å². The van der Waals surface area contributed by atoms with E-state index >= 15 is 0 Å². The predicted octanol–water partition coefficient (Wildman–Crippen LogP) is 1.43. The molecule has 14 heavy (non-hydrogen) atoms. The van der Waals surface area contributed by atoms with E-state index in [1.54, 1.807) is 0 Å². The molecule has 0 bridgehead atoms. The molecule has 1 aliphatic rings. The van der Waals surface area contributed by atoms with Gasteiger partial charge in [0.1, 0.15) is 0 Å². The maximum absolute atomic E-state index is 9.80. The van der Waals surface area contributed by atoms with Crippen molar-refractivity contribution >= 4 is 0 Å². The molecule has 76 valence electrons. The first-order chi connectivity index (χ1) is 6.83. The van der Waals surface area contributed by atoms with Crippen LogP contribution in [-0.4, -0.2) is 17.8 Å². The van der Waals surface area contributed by atoms with Crippen molar-refractivity contribution in [2.24, 2.45) is 5.73 Å². The van der Waals surface area contributed by atoms with Crippen LogP contribution in [0, 0.1) is 0 Å². The summed E-state index contributed by atoms with van der Waals surface area (Å²) in [6, 6.07) is 8.39. The lowest BCUT2D eigenvalue weighted by molar-refractivity contribution is 0.142. The molecule has 0 spiro atoms. The largest absolute Gasteiger partial charge is 0.391 e. The second-order valence-corrected chi connectivity index (χ2v) is 4.00. The van der Waals surface area contributed by atoms with Gasteiger partial charge in [0.25, 0.3) is 0 Å². The van der Waals surface area contributed by atoms with Crippen molar-refractivity contribution in [3.05, 3.63) is 35.4 Å². The normalized spacial score (nSPS) is 22.9. The zero-order valence-electron chi connectivity index (χ0n) is 8.32. The molecule has 0 radical (unpaired) electrons. The van der Waals surface area contributed by atoms with Crippen LogP contribution in [0.1, 0.15) is 29.9 Å². The minimum atomic E-state index is -0.378. The van der Waals surface area contributed by atoms with Gasteiger partial charge in [-0.15, -0.1) is 0 Å². The molecule has 2 rings (SSSR count). The average Bonchev–Trinajstić information content (AvgIpc) is 2.27. The molecular weight excluding hydrogens is 174 g/mol. The van der Waals surface area contributed by atoms with Gasteiger partial charge in [-0.3, -0.25) is 0 Å². The Kier molecular flexibility index (Phi) is 2.85. The highest BCUT2D eigenvalue weighted by molar-refractivity contribution is 5.33. The number of aliphatic hydroxyl groups excluding tert-OH is 1. The number of benzene rings is 1. The predicted molar refractivity (Wildman–Crippen MR) is 57.2 cm³/mol. The molecular formula is C12H17NO. The topological polar surface area (TPSA) is 46.2 Å². The number of aryl methyl sites for hydroxylation is 1. The number of aliphatic hydroxyl groups is 1. The zero-order valence-corrected chi connectivity index (χ0v) is 8.32. The van der Waals surface area contributed by atoms with Gasteiger partial charge in [0, 0.05) is 12.5 Å². The molecule has 1 aliphatic carbocycles. The van der Waals surface area contributed by atoms with Crippen LogP contribution in [0.15, 0.2) is 24.3 Å². The van der Waals surface area contributed by atoms with Crippen LogP contribution in [0.4, 0.5) is 0 Å². The summed E-state index contributed by atoms with van der Waals surface area (Å²) in [5, 5.41) is 9.80. The van der Waals surface area contributed by atoms with Crippen LogP contribution in [-0.2, 0) is 6.42 Å². The van der Waals surface area contributed by atoms with Gasteiger partial charge >= 0.3 is 0 Å². The van der Waals surface area contributed by atoms with Gasteiger partial charge in [-0.2, -0.15) is 0 Å². The monoisotopic (exact) mass is 191 g/mol. The lowest BCUT2D eigenvalue weighted by atomic mass is 9.80. The molecule has 0 heterocycles. The van der Waals surface area contributed by atoms with Crippen LogP contribution in [0.5, 0.6) is 0 Å². The summed E-state index contributed by atoms with van der Waals surface area (Å²) >= 11 is 0. The van der Waals surface area contributed by atoms with E-state index in [1.807, 2.05) is 6.07 Å². The number of nitrogens with two attached hydrogens (primary N) is 1. The van der Waals surface area contributed by atoms with E-state index in [-0.39, 0.29) is 12.0 Å². The van der Waals surface area contributed by atoms with Crippen molar-refractivity contribution in [2.75, 3.05) is 6.54 Å².